The Hall–Kier alpha value is -1.66. The van der Waals surface area contributed by atoms with Gasteiger partial charge in [0.05, 0.1) is 10.5 Å². The number of carboxylic acid groups (broad SMARTS) is 1. The number of nitrogens with zero attached hydrogens (tertiary/aromatic N) is 1. The summed E-state index contributed by atoms with van der Waals surface area (Å²) < 4.78 is 0. The van der Waals surface area contributed by atoms with E-state index >= 15 is 0 Å². The maximum absolute atomic E-state index is 12.4. The van der Waals surface area contributed by atoms with Crippen LogP contribution in [0.25, 0.3) is 6.08 Å². The topological polar surface area (TPSA) is 77.8 Å². The zero-order valence-electron chi connectivity index (χ0n) is 12.1. The number of amides is 1. The van der Waals surface area contributed by atoms with Gasteiger partial charge in [0, 0.05) is 24.0 Å². The molecule has 2 N–H and O–H groups in total. The van der Waals surface area contributed by atoms with Crippen LogP contribution in [0.2, 0.25) is 0 Å². The summed E-state index contributed by atoms with van der Waals surface area (Å²) in [5.41, 5.74) is 0.210. The molecule has 114 valence electrons. The van der Waals surface area contributed by atoms with Crippen molar-refractivity contribution < 1.29 is 19.8 Å². The van der Waals surface area contributed by atoms with E-state index in [0.29, 0.717) is 30.8 Å². The van der Waals surface area contributed by atoms with Crippen LogP contribution in [0, 0.1) is 6.92 Å². The molecule has 1 aliphatic rings. The lowest BCUT2D eigenvalue weighted by Gasteiger charge is -2.35. The highest BCUT2D eigenvalue weighted by molar-refractivity contribution is 7.15. The number of hydrogen-bond acceptors (Lipinski definition) is 4. The zero-order valence-corrected chi connectivity index (χ0v) is 12.9. The average molecular weight is 309 g/mol. The normalized spacial score (nSPS) is 18.1. The van der Waals surface area contributed by atoms with Gasteiger partial charge < -0.3 is 15.1 Å². The molecular formula is C15H19NO4S. The molecule has 21 heavy (non-hydrogen) atoms. The molecule has 1 amide bonds. The van der Waals surface area contributed by atoms with E-state index in [-0.39, 0.29) is 5.91 Å². The van der Waals surface area contributed by atoms with E-state index in [9.17, 15) is 14.7 Å². The Bertz CT molecular complexity index is 578. The number of aryl methyl sites for hydroxylation is 1. The Morgan fingerprint density at radius 2 is 2.00 bits per heavy atom. The van der Waals surface area contributed by atoms with Crippen molar-refractivity contribution in [3.63, 3.8) is 0 Å². The zero-order chi connectivity index (χ0) is 15.6. The summed E-state index contributed by atoms with van der Waals surface area (Å²) in [7, 11) is 0. The predicted molar refractivity (Wildman–Crippen MR) is 81.5 cm³/mol. The molecule has 0 aromatic carbocycles. The third-order valence-corrected chi connectivity index (χ3v) is 4.86. The van der Waals surface area contributed by atoms with Crippen LogP contribution in [0.1, 0.15) is 39.9 Å². The number of aliphatic hydroxyl groups is 1. The van der Waals surface area contributed by atoms with E-state index in [2.05, 4.69) is 0 Å². The first kappa shape index (κ1) is 15.7. The second-order valence-electron chi connectivity index (χ2n) is 5.62. The molecule has 2 heterocycles. The second-order valence-corrected chi connectivity index (χ2v) is 6.70. The van der Waals surface area contributed by atoms with Crippen LogP contribution in [-0.4, -0.2) is 45.7 Å². The third kappa shape index (κ3) is 3.92. The Morgan fingerprint density at radius 1 is 1.38 bits per heavy atom. The van der Waals surface area contributed by atoms with Crippen LogP contribution in [0.4, 0.5) is 0 Å². The summed E-state index contributed by atoms with van der Waals surface area (Å²) in [6, 6.07) is 1.79. The largest absolute Gasteiger partial charge is 0.478 e. The molecule has 1 aromatic heterocycles. The van der Waals surface area contributed by atoms with E-state index < -0.39 is 11.6 Å². The van der Waals surface area contributed by atoms with Gasteiger partial charge in [-0.3, -0.25) is 4.79 Å². The van der Waals surface area contributed by atoms with Crippen LogP contribution in [-0.2, 0) is 4.79 Å². The van der Waals surface area contributed by atoms with Gasteiger partial charge in [0.1, 0.15) is 0 Å². The average Bonchev–Trinajstić information content (AvgIpc) is 2.77. The van der Waals surface area contributed by atoms with E-state index in [1.165, 1.54) is 17.4 Å². The molecule has 2 rings (SSSR count). The summed E-state index contributed by atoms with van der Waals surface area (Å²) in [4.78, 5) is 26.1. The van der Waals surface area contributed by atoms with Gasteiger partial charge in [-0.2, -0.15) is 0 Å². The first-order valence-electron chi connectivity index (χ1n) is 6.81. The molecule has 1 aliphatic heterocycles. The van der Waals surface area contributed by atoms with Crippen LogP contribution in [0.15, 0.2) is 12.1 Å². The summed E-state index contributed by atoms with van der Waals surface area (Å²) in [5.74, 6) is -1.05. The van der Waals surface area contributed by atoms with Crippen LogP contribution < -0.4 is 0 Å². The number of rotatable bonds is 3. The van der Waals surface area contributed by atoms with Crippen molar-refractivity contribution in [2.75, 3.05) is 13.1 Å². The first-order valence-corrected chi connectivity index (χ1v) is 7.63. The maximum atomic E-state index is 12.4. The second kappa shape index (κ2) is 5.99. The Kier molecular flexibility index (Phi) is 4.49. The highest BCUT2D eigenvalue weighted by Gasteiger charge is 2.30. The molecule has 0 saturated carbocycles. The molecule has 0 bridgehead atoms. The molecule has 6 heteroatoms. The SMILES string of the molecule is Cc1cc(C(=O)N2CCC(C)(O)CC2)sc1/C=C/C(=O)O. The molecule has 1 saturated heterocycles. The van der Waals surface area contributed by atoms with Gasteiger partial charge in [0.15, 0.2) is 0 Å². The van der Waals surface area contributed by atoms with Gasteiger partial charge in [-0.05, 0) is 44.4 Å². The van der Waals surface area contributed by atoms with Gasteiger partial charge in [0.2, 0.25) is 0 Å². The minimum atomic E-state index is -1.01. The molecular weight excluding hydrogens is 290 g/mol. The number of carboxylic acids is 1. The van der Waals surface area contributed by atoms with Crippen LogP contribution in [0.3, 0.4) is 0 Å². The minimum absolute atomic E-state index is 0.0476. The van der Waals surface area contributed by atoms with Crippen molar-refractivity contribution >= 4 is 29.3 Å². The summed E-state index contributed by atoms with van der Waals surface area (Å²) in [5, 5.41) is 18.6. The van der Waals surface area contributed by atoms with Gasteiger partial charge in [0.25, 0.3) is 5.91 Å². The van der Waals surface area contributed by atoms with Gasteiger partial charge in [-0.1, -0.05) is 0 Å². The minimum Gasteiger partial charge on any atom is -0.478 e. The van der Waals surface area contributed by atoms with Crippen LogP contribution >= 0.6 is 11.3 Å². The Labute approximate surface area is 127 Å². The molecule has 0 atom stereocenters. The lowest BCUT2D eigenvalue weighted by molar-refractivity contribution is -0.131. The molecule has 0 unspecified atom stereocenters. The van der Waals surface area contributed by atoms with E-state index in [1.807, 2.05) is 6.92 Å². The fourth-order valence-corrected chi connectivity index (χ4v) is 3.31. The number of likely N-dealkylation sites (tertiary alicyclic amines) is 1. The molecule has 0 aliphatic carbocycles. The predicted octanol–water partition coefficient (Wildman–Crippen LogP) is 2.14. The third-order valence-electron chi connectivity index (χ3n) is 3.67. The van der Waals surface area contributed by atoms with Crippen molar-refractivity contribution in [2.24, 2.45) is 0 Å². The molecule has 1 aromatic rings. The summed E-state index contributed by atoms with van der Waals surface area (Å²) >= 11 is 1.30. The molecule has 1 fully saturated rings. The fraction of sp³-hybridized carbons (Fsp3) is 0.467. The highest BCUT2D eigenvalue weighted by atomic mass is 32.1. The molecule has 0 radical (unpaired) electrons. The maximum Gasteiger partial charge on any atom is 0.328 e. The van der Waals surface area contributed by atoms with Crippen molar-refractivity contribution in [1.82, 2.24) is 4.90 Å². The van der Waals surface area contributed by atoms with E-state index in [1.54, 1.807) is 17.9 Å². The number of carbonyl (C=O) groups is 2. The summed E-state index contributed by atoms with van der Waals surface area (Å²) in [6.07, 6.45) is 3.75. The monoisotopic (exact) mass is 309 g/mol. The Morgan fingerprint density at radius 3 is 2.57 bits per heavy atom. The van der Waals surface area contributed by atoms with Crippen molar-refractivity contribution in [3.05, 3.63) is 27.5 Å². The number of aliphatic carboxylic acids is 1. The highest BCUT2D eigenvalue weighted by Crippen LogP contribution is 2.27. The van der Waals surface area contributed by atoms with Crippen molar-refractivity contribution in [2.45, 2.75) is 32.3 Å². The van der Waals surface area contributed by atoms with Gasteiger partial charge >= 0.3 is 5.97 Å². The van der Waals surface area contributed by atoms with Crippen LogP contribution in [0.5, 0.6) is 0 Å². The molecule has 5 nitrogen and oxygen atoms in total. The van der Waals surface area contributed by atoms with Gasteiger partial charge in [-0.15, -0.1) is 11.3 Å². The first-order chi connectivity index (χ1) is 9.78. The molecule has 0 spiro atoms. The van der Waals surface area contributed by atoms with Crippen molar-refractivity contribution in [3.8, 4) is 0 Å². The quantitative estimate of drug-likeness (QED) is 0.839. The fourth-order valence-electron chi connectivity index (χ4n) is 2.26. The standard InChI is InChI=1S/C15H19NO4S/c1-10-9-12(21-11(10)3-4-13(17)18)14(19)16-7-5-15(2,20)6-8-16/h3-4,9,20H,5-8H2,1-2H3,(H,17,18)/b4-3+. The van der Waals surface area contributed by atoms with Gasteiger partial charge in [-0.25, -0.2) is 4.79 Å². The summed E-state index contributed by atoms with van der Waals surface area (Å²) in [6.45, 7) is 4.74. The lowest BCUT2D eigenvalue weighted by atomic mass is 9.94. The lowest BCUT2D eigenvalue weighted by Crippen LogP contribution is -2.44. The number of carbonyl (C=O) groups excluding carboxylic acids is 1. The Balaban J connectivity index is 2.10. The smallest absolute Gasteiger partial charge is 0.328 e. The number of piperidine rings is 1. The van der Waals surface area contributed by atoms with Crippen molar-refractivity contribution in [1.29, 1.82) is 0 Å². The van der Waals surface area contributed by atoms with E-state index in [0.717, 1.165) is 16.5 Å². The number of thiophene rings is 1. The van der Waals surface area contributed by atoms with E-state index in [4.69, 9.17) is 5.11 Å². The number of hydrogen-bond donors (Lipinski definition) is 2.